The number of amides is 1. The lowest BCUT2D eigenvalue weighted by molar-refractivity contribution is -0.385. The lowest BCUT2D eigenvalue weighted by Crippen LogP contribution is -2.28. The number of methoxy groups -OCH3 is 1. The topological polar surface area (TPSA) is 72.7 Å². The van der Waals surface area contributed by atoms with Gasteiger partial charge >= 0.3 is 0 Å². The highest BCUT2D eigenvalue weighted by Crippen LogP contribution is 2.24. The van der Waals surface area contributed by atoms with Crippen LogP contribution < -0.4 is 4.74 Å². The van der Waals surface area contributed by atoms with Crippen molar-refractivity contribution in [1.29, 1.82) is 0 Å². The highest BCUT2D eigenvalue weighted by atomic mass is 35.5. The van der Waals surface area contributed by atoms with E-state index in [1.165, 1.54) is 11.0 Å². The van der Waals surface area contributed by atoms with Gasteiger partial charge in [0.2, 0.25) is 5.91 Å². The van der Waals surface area contributed by atoms with Gasteiger partial charge in [-0.25, -0.2) is 0 Å². The number of rotatable bonds is 6. The Morgan fingerprint density at radius 3 is 2.62 bits per heavy atom. The lowest BCUT2D eigenvalue weighted by Gasteiger charge is -2.19. The molecule has 0 bridgehead atoms. The number of benzene rings is 2. The van der Waals surface area contributed by atoms with Gasteiger partial charge in [0.25, 0.3) is 5.69 Å². The summed E-state index contributed by atoms with van der Waals surface area (Å²) >= 11 is 5.99. The molecule has 2 rings (SSSR count). The van der Waals surface area contributed by atoms with E-state index >= 15 is 0 Å². The van der Waals surface area contributed by atoms with E-state index in [0.717, 1.165) is 5.56 Å². The van der Waals surface area contributed by atoms with Gasteiger partial charge < -0.3 is 9.64 Å². The number of nitro benzene ring substituents is 1. The molecule has 7 heteroatoms. The molecule has 0 aliphatic heterocycles. The number of para-hydroxylation sites is 1. The first kappa shape index (κ1) is 17.7. The molecule has 0 heterocycles. The quantitative estimate of drug-likeness (QED) is 0.592. The zero-order valence-electron chi connectivity index (χ0n) is 13.4. The molecule has 0 unspecified atom stereocenters. The Morgan fingerprint density at radius 2 is 1.96 bits per heavy atom. The fraction of sp³-hybridized carbons (Fsp3) is 0.235. The van der Waals surface area contributed by atoms with Crippen molar-refractivity contribution in [3.05, 3.63) is 68.7 Å². The summed E-state index contributed by atoms with van der Waals surface area (Å²) in [6, 6.07) is 11.4. The largest absolute Gasteiger partial charge is 0.496 e. The van der Waals surface area contributed by atoms with Crippen LogP contribution in [0.25, 0.3) is 0 Å². The number of nitrogens with zero attached hydrogens (tertiary/aromatic N) is 2. The first-order valence-electron chi connectivity index (χ1n) is 7.21. The van der Waals surface area contributed by atoms with Crippen molar-refractivity contribution in [2.24, 2.45) is 0 Å². The average Bonchev–Trinajstić information content (AvgIpc) is 2.55. The molecule has 2 aromatic rings. The molecule has 2 aromatic carbocycles. The third kappa shape index (κ3) is 4.23. The van der Waals surface area contributed by atoms with E-state index in [2.05, 4.69) is 0 Å². The second kappa shape index (κ2) is 7.79. The molecule has 6 nitrogen and oxygen atoms in total. The molecule has 0 N–H and O–H groups in total. The van der Waals surface area contributed by atoms with Crippen molar-refractivity contribution in [3.8, 4) is 5.75 Å². The van der Waals surface area contributed by atoms with Crippen molar-refractivity contribution in [2.45, 2.75) is 13.0 Å². The van der Waals surface area contributed by atoms with Gasteiger partial charge in [-0.05, 0) is 18.2 Å². The van der Waals surface area contributed by atoms with Crippen LogP contribution in [0.1, 0.15) is 11.1 Å². The zero-order valence-corrected chi connectivity index (χ0v) is 14.1. The first-order chi connectivity index (χ1) is 11.4. The molecule has 0 saturated carbocycles. The minimum atomic E-state index is -0.484. The molecule has 0 saturated heterocycles. The summed E-state index contributed by atoms with van der Waals surface area (Å²) in [6.45, 7) is 0.295. The molecular formula is C17H17ClN2O4. The number of halogens is 1. The molecule has 1 amide bonds. The van der Waals surface area contributed by atoms with Crippen LogP contribution in [0, 0.1) is 10.1 Å². The maximum Gasteiger partial charge on any atom is 0.273 e. The van der Waals surface area contributed by atoms with Crippen LogP contribution in [0.3, 0.4) is 0 Å². The monoisotopic (exact) mass is 348 g/mol. The third-order valence-corrected chi connectivity index (χ3v) is 3.84. The Morgan fingerprint density at radius 1 is 1.25 bits per heavy atom. The van der Waals surface area contributed by atoms with E-state index in [-0.39, 0.29) is 18.0 Å². The highest BCUT2D eigenvalue weighted by molar-refractivity contribution is 6.30. The highest BCUT2D eigenvalue weighted by Gasteiger charge is 2.18. The van der Waals surface area contributed by atoms with E-state index in [1.807, 2.05) is 0 Å². The van der Waals surface area contributed by atoms with Gasteiger partial charge in [-0.15, -0.1) is 0 Å². The standard InChI is InChI=1S/C17H17ClN2O4/c1-19(11-13-9-14(18)7-8-16(13)24-2)17(21)10-12-5-3-4-6-15(12)20(22)23/h3-9H,10-11H2,1-2H3. The second-order valence-electron chi connectivity index (χ2n) is 5.27. The summed E-state index contributed by atoms with van der Waals surface area (Å²) < 4.78 is 5.26. The maximum absolute atomic E-state index is 12.4. The number of likely N-dealkylation sites (N-methyl/N-ethyl adjacent to an activating group) is 1. The Balaban J connectivity index is 2.14. The van der Waals surface area contributed by atoms with E-state index in [0.29, 0.717) is 22.9 Å². The van der Waals surface area contributed by atoms with Crippen LogP contribution in [-0.2, 0) is 17.8 Å². The predicted molar refractivity (Wildman–Crippen MR) is 91.3 cm³/mol. The summed E-state index contributed by atoms with van der Waals surface area (Å²) in [5.74, 6) is 0.399. The minimum absolute atomic E-state index is 0.0451. The Bertz CT molecular complexity index is 764. The minimum Gasteiger partial charge on any atom is -0.496 e. The van der Waals surface area contributed by atoms with Crippen LogP contribution in [0.2, 0.25) is 5.02 Å². The van der Waals surface area contributed by atoms with E-state index < -0.39 is 4.92 Å². The number of nitro groups is 1. The van der Waals surface area contributed by atoms with Gasteiger partial charge in [0.15, 0.2) is 0 Å². The van der Waals surface area contributed by atoms with Gasteiger partial charge in [0.05, 0.1) is 18.5 Å². The molecule has 0 aliphatic carbocycles. The number of hydrogen-bond acceptors (Lipinski definition) is 4. The summed E-state index contributed by atoms with van der Waals surface area (Å²) in [7, 11) is 3.18. The Labute approximate surface area is 144 Å². The number of carbonyl (C=O) groups is 1. The average molecular weight is 349 g/mol. The lowest BCUT2D eigenvalue weighted by atomic mass is 10.1. The number of hydrogen-bond donors (Lipinski definition) is 0. The molecule has 0 radical (unpaired) electrons. The second-order valence-corrected chi connectivity index (χ2v) is 5.71. The van der Waals surface area contributed by atoms with E-state index in [1.54, 1.807) is 50.6 Å². The van der Waals surface area contributed by atoms with Crippen LogP contribution in [0.15, 0.2) is 42.5 Å². The van der Waals surface area contributed by atoms with Crippen molar-refractivity contribution in [3.63, 3.8) is 0 Å². The molecule has 0 aromatic heterocycles. The van der Waals surface area contributed by atoms with Crippen molar-refractivity contribution >= 4 is 23.2 Å². The van der Waals surface area contributed by atoms with Gasteiger partial charge in [0.1, 0.15) is 5.75 Å². The predicted octanol–water partition coefficient (Wildman–Crippen LogP) is 3.46. The smallest absolute Gasteiger partial charge is 0.273 e. The fourth-order valence-electron chi connectivity index (χ4n) is 2.35. The van der Waals surface area contributed by atoms with E-state index in [9.17, 15) is 14.9 Å². The summed E-state index contributed by atoms with van der Waals surface area (Å²) in [5, 5.41) is 11.6. The molecule has 0 atom stereocenters. The Hall–Kier alpha value is -2.60. The first-order valence-corrected chi connectivity index (χ1v) is 7.59. The normalized spacial score (nSPS) is 10.3. The number of carbonyl (C=O) groups excluding carboxylic acids is 1. The molecule has 0 aliphatic rings. The zero-order chi connectivity index (χ0) is 17.7. The van der Waals surface area contributed by atoms with Gasteiger partial charge in [-0.3, -0.25) is 14.9 Å². The van der Waals surface area contributed by atoms with Crippen LogP contribution in [0.5, 0.6) is 5.75 Å². The van der Waals surface area contributed by atoms with Crippen molar-refractivity contribution in [1.82, 2.24) is 4.90 Å². The third-order valence-electron chi connectivity index (χ3n) is 3.61. The fourth-order valence-corrected chi connectivity index (χ4v) is 2.55. The summed E-state index contributed by atoms with van der Waals surface area (Å²) in [6.07, 6.45) is -0.0451. The molecule has 24 heavy (non-hydrogen) atoms. The molecular weight excluding hydrogens is 332 g/mol. The van der Waals surface area contributed by atoms with Gasteiger partial charge in [-0.1, -0.05) is 29.8 Å². The molecule has 126 valence electrons. The Kier molecular flexibility index (Phi) is 5.76. The van der Waals surface area contributed by atoms with E-state index in [4.69, 9.17) is 16.3 Å². The summed E-state index contributed by atoms with van der Waals surface area (Å²) in [4.78, 5) is 24.4. The SMILES string of the molecule is COc1ccc(Cl)cc1CN(C)C(=O)Cc1ccccc1[N+](=O)[O-]. The molecule has 0 fully saturated rings. The van der Waals surface area contributed by atoms with Crippen LogP contribution >= 0.6 is 11.6 Å². The van der Waals surface area contributed by atoms with Gasteiger partial charge in [-0.2, -0.15) is 0 Å². The van der Waals surface area contributed by atoms with Crippen LogP contribution in [-0.4, -0.2) is 29.9 Å². The molecule has 0 spiro atoms. The van der Waals surface area contributed by atoms with Crippen LogP contribution in [0.4, 0.5) is 5.69 Å². The number of ether oxygens (including phenoxy) is 1. The van der Waals surface area contributed by atoms with Crippen molar-refractivity contribution < 1.29 is 14.5 Å². The van der Waals surface area contributed by atoms with Crippen molar-refractivity contribution in [2.75, 3.05) is 14.2 Å². The van der Waals surface area contributed by atoms with Gasteiger partial charge in [0, 0.05) is 35.8 Å². The summed E-state index contributed by atoms with van der Waals surface area (Å²) in [5.41, 5.74) is 1.10. The maximum atomic E-state index is 12.4.